The third-order valence-corrected chi connectivity index (χ3v) is 6.00. The molecule has 12 heteroatoms. The Labute approximate surface area is 188 Å². The molecule has 0 saturated heterocycles. The van der Waals surface area contributed by atoms with Gasteiger partial charge in [0.15, 0.2) is 11.7 Å². The fourth-order valence-corrected chi connectivity index (χ4v) is 4.43. The number of hydrogen-bond acceptors (Lipinski definition) is 6. The van der Waals surface area contributed by atoms with Gasteiger partial charge in [0.1, 0.15) is 0 Å². The number of nitriles is 1. The van der Waals surface area contributed by atoms with E-state index in [-0.39, 0.29) is 21.8 Å². The molecule has 2 atom stereocenters. The molecule has 2 aromatic rings. The second-order valence-corrected chi connectivity index (χ2v) is 9.76. The Hall–Kier alpha value is -2.13. The molecule has 0 aliphatic carbocycles. The van der Waals surface area contributed by atoms with Gasteiger partial charge in [0.05, 0.1) is 16.8 Å². The third-order valence-electron chi connectivity index (χ3n) is 4.21. The van der Waals surface area contributed by atoms with Crippen molar-refractivity contribution in [2.24, 2.45) is 0 Å². The summed E-state index contributed by atoms with van der Waals surface area (Å²) in [5.41, 5.74) is -0.835. The zero-order chi connectivity index (χ0) is 23.4. The number of benzene rings is 2. The molecule has 2 aromatic carbocycles. The van der Waals surface area contributed by atoms with Crippen LogP contribution in [0.15, 0.2) is 36.4 Å². The van der Waals surface area contributed by atoms with Crippen molar-refractivity contribution in [1.29, 1.82) is 5.26 Å². The Morgan fingerprint density at radius 3 is 2.29 bits per heavy atom. The molecule has 6 nitrogen and oxygen atoms in total. The van der Waals surface area contributed by atoms with Gasteiger partial charge in [-0.3, -0.25) is 5.32 Å². The van der Waals surface area contributed by atoms with Gasteiger partial charge < -0.3 is 5.32 Å². The number of hydrogen-bond donors (Lipinski definition) is 3. The zero-order valence-electron chi connectivity index (χ0n) is 16.7. The number of rotatable bonds is 8. The Morgan fingerprint density at radius 1 is 1.19 bits per heavy atom. The van der Waals surface area contributed by atoms with Crippen molar-refractivity contribution < 1.29 is 21.6 Å². The quantitative estimate of drug-likeness (QED) is 0.279. The minimum Gasteiger partial charge on any atom is -0.356 e. The molecular weight excluding hydrogens is 473 g/mol. The first-order chi connectivity index (χ1) is 14.4. The summed E-state index contributed by atoms with van der Waals surface area (Å²) in [6, 6.07) is 7.75. The van der Waals surface area contributed by atoms with E-state index in [1.54, 1.807) is 31.5 Å². The van der Waals surface area contributed by atoms with Crippen LogP contribution in [-0.2, 0) is 16.2 Å². The van der Waals surface area contributed by atoms with Crippen LogP contribution in [0.25, 0.3) is 11.1 Å². The van der Waals surface area contributed by atoms with Gasteiger partial charge in [0, 0.05) is 17.3 Å². The van der Waals surface area contributed by atoms with Gasteiger partial charge in [-0.15, -0.1) is 11.8 Å². The Morgan fingerprint density at radius 2 is 1.81 bits per heavy atom. The lowest BCUT2D eigenvalue weighted by Crippen LogP contribution is -2.29. The molecule has 1 unspecified atom stereocenters. The van der Waals surface area contributed by atoms with Gasteiger partial charge in [-0.25, -0.2) is 13.1 Å². The van der Waals surface area contributed by atoms with Crippen molar-refractivity contribution >= 4 is 39.1 Å². The van der Waals surface area contributed by atoms with Crippen LogP contribution < -0.4 is 15.4 Å². The van der Waals surface area contributed by atoms with Crippen molar-refractivity contribution in [3.63, 3.8) is 0 Å². The lowest BCUT2D eigenvalue weighted by Gasteiger charge is -2.21. The molecule has 2 rings (SSSR count). The third kappa shape index (κ3) is 6.93. The molecule has 3 N–H and O–H groups in total. The topological polar surface area (TPSA) is 94.0 Å². The summed E-state index contributed by atoms with van der Waals surface area (Å²) in [5.74, 6) is 0. The highest BCUT2D eigenvalue weighted by molar-refractivity contribution is 7.99. The summed E-state index contributed by atoms with van der Waals surface area (Å²) < 4.78 is 66.6. The Balaban J connectivity index is 2.47. The molecular formula is C19H20ClF3N4O2S2. The first kappa shape index (κ1) is 25.1. The maximum Gasteiger partial charge on any atom is 0.417 e. The van der Waals surface area contributed by atoms with Crippen molar-refractivity contribution in [3.05, 3.63) is 52.5 Å². The van der Waals surface area contributed by atoms with Gasteiger partial charge in [-0.05, 0) is 36.4 Å². The van der Waals surface area contributed by atoms with E-state index in [1.165, 1.54) is 30.0 Å². The second-order valence-electron chi connectivity index (χ2n) is 6.63. The normalized spacial score (nSPS) is 13.9. The molecule has 31 heavy (non-hydrogen) atoms. The van der Waals surface area contributed by atoms with Gasteiger partial charge in [-0.1, -0.05) is 35.9 Å². The fourth-order valence-electron chi connectivity index (χ4n) is 2.90. The maximum atomic E-state index is 13.8. The van der Waals surface area contributed by atoms with Crippen LogP contribution in [-0.4, -0.2) is 26.4 Å². The number of nitrogens with zero attached hydrogens (tertiary/aromatic N) is 1. The highest BCUT2D eigenvalue weighted by atomic mass is 35.5. The standard InChI is InChI=1S/C19H20ClF3N4O2S2/c1-11(27-31(3,28)29)12-4-6-13(7-5-12)17-15(19(21,22)23)8-14(9-16(17)20)26-18(30-2)25-10-24/h4-9,11,18,25-27H,1-3H3/t11-,18?/m0/s1. The summed E-state index contributed by atoms with van der Waals surface area (Å²) in [5, 5.41) is 13.8. The van der Waals surface area contributed by atoms with Crippen LogP contribution in [0.3, 0.4) is 0 Å². The number of thioether (sulfide) groups is 1. The molecule has 0 spiro atoms. The zero-order valence-corrected chi connectivity index (χ0v) is 19.1. The average molecular weight is 493 g/mol. The molecule has 0 aliphatic heterocycles. The first-order valence-electron chi connectivity index (χ1n) is 8.78. The van der Waals surface area contributed by atoms with Gasteiger partial charge in [0.2, 0.25) is 10.0 Å². The van der Waals surface area contributed by atoms with Crippen LogP contribution in [0.2, 0.25) is 5.02 Å². The molecule has 168 valence electrons. The van der Waals surface area contributed by atoms with Crippen LogP contribution in [0.5, 0.6) is 0 Å². The highest BCUT2D eigenvalue weighted by Gasteiger charge is 2.35. The predicted molar refractivity (Wildman–Crippen MR) is 118 cm³/mol. The Bertz CT molecular complexity index is 1070. The second kappa shape index (κ2) is 9.99. The number of sulfonamides is 1. The minimum atomic E-state index is -4.68. The van der Waals surface area contributed by atoms with E-state index in [0.29, 0.717) is 5.56 Å². The average Bonchev–Trinajstić information content (AvgIpc) is 2.65. The van der Waals surface area contributed by atoms with E-state index in [9.17, 15) is 21.6 Å². The van der Waals surface area contributed by atoms with Crippen molar-refractivity contribution in [2.45, 2.75) is 24.6 Å². The predicted octanol–water partition coefficient (Wildman–Crippen LogP) is 4.77. The van der Waals surface area contributed by atoms with Crippen LogP contribution >= 0.6 is 23.4 Å². The van der Waals surface area contributed by atoms with Crippen LogP contribution in [0.1, 0.15) is 24.1 Å². The molecule has 0 radical (unpaired) electrons. The lowest BCUT2D eigenvalue weighted by molar-refractivity contribution is -0.137. The monoisotopic (exact) mass is 492 g/mol. The van der Waals surface area contributed by atoms with E-state index >= 15 is 0 Å². The smallest absolute Gasteiger partial charge is 0.356 e. The lowest BCUT2D eigenvalue weighted by atomic mass is 9.96. The molecule has 0 heterocycles. The van der Waals surface area contributed by atoms with Crippen molar-refractivity contribution in [2.75, 3.05) is 17.8 Å². The molecule has 0 aliphatic rings. The van der Waals surface area contributed by atoms with Gasteiger partial charge in [0.25, 0.3) is 0 Å². The number of halogens is 4. The van der Waals surface area contributed by atoms with E-state index < -0.39 is 33.3 Å². The van der Waals surface area contributed by atoms with Crippen LogP contribution in [0, 0.1) is 11.5 Å². The summed E-state index contributed by atoms with van der Waals surface area (Å²) in [7, 11) is -3.44. The SMILES string of the molecule is CSC(NC#N)Nc1cc(Cl)c(-c2ccc([C@H](C)NS(C)(=O)=O)cc2)c(C(F)(F)F)c1. The van der Waals surface area contributed by atoms with Gasteiger partial charge in [-0.2, -0.15) is 18.4 Å². The molecule has 0 fully saturated rings. The van der Waals surface area contributed by atoms with E-state index in [0.717, 1.165) is 12.3 Å². The largest absolute Gasteiger partial charge is 0.417 e. The van der Waals surface area contributed by atoms with Crippen molar-refractivity contribution in [3.8, 4) is 17.3 Å². The number of nitrogens with one attached hydrogen (secondary N) is 3. The summed E-state index contributed by atoms with van der Waals surface area (Å²) >= 11 is 7.44. The molecule has 0 bridgehead atoms. The highest BCUT2D eigenvalue weighted by Crippen LogP contribution is 2.43. The summed E-state index contributed by atoms with van der Waals surface area (Å²) in [6.45, 7) is 1.63. The fraction of sp³-hybridized carbons (Fsp3) is 0.316. The molecule has 0 saturated carbocycles. The maximum absolute atomic E-state index is 13.8. The van der Waals surface area contributed by atoms with E-state index in [2.05, 4.69) is 15.4 Å². The van der Waals surface area contributed by atoms with Crippen molar-refractivity contribution in [1.82, 2.24) is 10.0 Å². The summed E-state index contributed by atoms with van der Waals surface area (Å²) in [4.78, 5) is 0. The minimum absolute atomic E-state index is 0.103. The summed E-state index contributed by atoms with van der Waals surface area (Å²) in [6.07, 6.45) is -0.241. The van der Waals surface area contributed by atoms with E-state index in [1.807, 2.05) is 0 Å². The first-order valence-corrected chi connectivity index (χ1v) is 12.3. The number of anilines is 1. The molecule has 0 aromatic heterocycles. The molecule has 0 amide bonds. The van der Waals surface area contributed by atoms with Gasteiger partial charge >= 0.3 is 6.18 Å². The Kier molecular flexibility index (Phi) is 8.10. The van der Waals surface area contributed by atoms with E-state index in [4.69, 9.17) is 16.9 Å². The number of alkyl halides is 3. The van der Waals surface area contributed by atoms with Crippen LogP contribution in [0.4, 0.5) is 18.9 Å².